The Hall–Kier alpha value is -2.41. The summed E-state index contributed by atoms with van der Waals surface area (Å²) >= 11 is 0. The highest BCUT2D eigenvalue weighted by atomic mass is 16.5. The SMILES string of the molecule is CC(C)[C@H](C(=O)O[C@@H](C)C(=O)NC(=O)Nc1ccccc1)N(C)C. The monoisotopic (exact) mass is 335 g/mol. The van der Waals surface area contributed by atoms with E-state index >= 15 is 0 Å². The lowest BCUT2D eigenvalue weighted by molar-refractivity contribution is -0.160. The van der Waals surface area contributed by atoms with Crippen LogP contribution in [0.1, 0.15) is 20.8 Å². The summed E-state index contributed by atoms with van der Waals surface area (Å²) in [5.41, 5.74) is 0.555. The zero-order chi connectivity index (χ0) is 18.3. The minimum atomic E-state index is -1.07. The number of esters is 1. The second-order valence-corrected chi connectivity index (χ2v) is 6.04. The Morgan fingerprint density at radius 3 is 2.12 bits per heavy atom. The maximum atomic E-state index is 12.2. The summed E-state index contributed by atoms with van der Waals surface area (Å²) in [7, 11) is 3.54. The lowest BCUT2D eigenvalue weighted by Gasteiger charge is -2.27. The van der Waals surface area contributed by atoms with Gasteiger partial charge in [0, 0.05) is 5.69 Å². The largest absolute Gasteiger partial charge is 0.451 e. The fourth-order valence-electron chi connectivity index (χ4n) is 2.27. The van der Waals surface area contributed by atoms with E-state index in [1.54, 1.807) is 43.3 Å². The number of anilines is 1. The molecule has 0 aromatic heterocycles. The number of hydrogen-bond donors (Lipinski definition) is 2. The van der Waals surface area contributed by atoms with Crippen molar-refractivity contribution in [3.05, 3.63) is 30.3 Å². The number of para-hydroxylation sites is 1. The predicted octanol–water partition coefficient (Wildman–Crippen LogP) is 1.85. The van der Waals surface area contributed by atoms with E-state index in [2.05, 4.69) is 10.6 Å². The maximum absolute atomic E-state index is 12.2. The van der Waals surface area contributed by atoms with Crippen LogP contribution in [0, 0.1) is 5.92 Å². The van der Waals surface area contributed by atoms with E-state index < -0.39 is 30.1 Å². The molecule has 0 spiro atoms. The smallest absolute Gasteiger partial charge is 0.325 e. The van der Waals surface area contributed by atoms with Crippen molar-refractivity contribution in [2.24, 2.45) is 5.92 Å². The molecule has 3 amide bonds. The molecule has 0 aliphatic heterocycles. The molecule has 7 heteroatoms. The molecule has 0 saturated carbocycles. The Morgan fingerprint density at radius 1 is 1.04 bits per heavy atom. The summed E-state index contributed by atoms with van der Waals surface area (Å²) < 4.78 is 5.18. The molecule has 7 nitrogen and oxygen atoms in total. The number of hydrogen-bond acceptors (Lipinski definition) is 5. The molecule has 1 aromatic rings. The fraction of sp³-hybridized carbons (Fsp3) is 0.471. The Morgan fingerprint density at radius 2 is 1.62 bits per heavy atom. The molecule has 1 rings (SSSR count). The van der Waals surface area contributed by atoms with E-state index in [9.17, 15) is 14.4 Å². The normalized spacial score (nSPS) is 13.3. The number of rotatable bonds is 6. The topological polar surface area (TPSA) is 87.7 Å². The van der Waals surface area contributed by atoms with Gasteiger partial charge in [0.2, 0.25) is 0 Å². The Bertz CT molecular complexity index is 564. The van der Waals surface area contributed by atoms with Gasteiger partial charge in [-0.15, -0.1) is 0 Å². The first kappa shape index (κ1) is 19.6. The van der Waals surface area contributed by atoms with Crippen molar-refractivity contribution in [2.45, 2.75) is 32.9 Å². The molecule has 132 valence electrons. The van der Waals surface area contributed by atoms with Crippen molar-refractivity contribution in [1.82, 2.24) is 10.2 Å². The number of carbonyl (C=O) groups excluding carboxylic acids is 3. The van der Waals surface area contributed by atoms with E-state index in [1.807, 2.05) is 19.9 Å². The van der Waals surface area contributed by atoms with E-state index in [1.165, 1.54) is 6.92 Å². The van der Waals surface area contributed by atoms with Crippen LogP contribution in [0.15, 0.2) is 30.3 Å². The van der Waals surface area contributed by atoms with Crippen molar-refractivity contribution < 1.29 is 19.1 Å². The standard InChI is InChI=1S/C17H25N3O4/c1-11(2)14(20(4)5)16(22)24-12(3)15(21)19-17(23)18-13-9-7-6-8-10-13/h6-12,14H,1-5H3,(H2,18,19,21,23)/t12-,14+/m0/s1. The molecule has 0 aliphatic carbocycles. The van der Waals surface area contributed by atoms with Gasteiger partial charge in [-0.05, 0) is 39.1 Å². The van der Waals surface area contributed by atoms with E-state index in [-0.39, 0.29) is 5.92 Å². The summed E-state index contributed by atoms with van der Waals surface area (Å²) in [6.45, 7) is 5.21. The van der Waals surface area contributed by atoms with Gasteiger partial charge in [0.05, 0.1) is 0 Å². The molecule has 24 heavy (non-hydrogen) atoms. The molecule has 0 unspecified atom stereocenters. The molecule has 0 aliphatic rings. The zero-order valence-corrected chi connectivity index (χ0v) is 14.7. The van der Waals surface area contributed by atoms with Gasteiger partial charge < -0.3 is 10.1 Å². The van der Waals surface area contributed by atoms with Crippen LogP contribution in [-0.4, -0.2) is 49.0 Å². The summed E-state index contributed by atoms with van der Waals surface area (Å²) in [6, 6.07) is 7.58. The number of imide groups is 1. The number of nitrogens with zero attached hydrogens (tertiary/aromatic N) is 1. The molecule has 2 atom stereocenters. The van der Waals surface area contributed by atoms with Crippen molar-refractivity contribution in [3.63, 3.8) is 0 Å². The molecular weight excluding hydrogens is 310 g/mol. The number of benzene rings is 1. The first-order valence-electron chi connectivity index (χ1n) is 7.76. The minimum Gasteiger partial charge on any atom is -0.451 e. The number of nitrogens with one attached hydrogen (secondary N) is 2. The molecule has 0 heterocycles. The van der Waals surface area contributed by atoms with Crippen LogP contribution in [0.5, 0.6) is 0 Å². The number of ether oxygens (including phenoxy) is 1. The maximum Gasteiger partial charge on any atom is 0.325 e. The number of carbonyl (C=O) groups is 3. The molecule has 0 fully saturated rings. The van der Waals surface area contributed by atoms with Crippen LogP contribution in [-0.2, 0) is 14.3 Å². The highest BCUT2D eigenvalue weighted by Crippen LogP contribution is 2.11. The summed E-state index contributed by atoms with van der Waals surface area (Å²) in [4.78, 5) is 37.7. The lowest BCUT2D eigenvalue weighted by Crippen LogP contribution is -2.46. The Labute approximate surface area is 142 Å². The van der Waals surface area contributed by atoms with Crippen molar-refractivity contribution in [2.75, 3.05) is 19.4 Å². The molecule has 1 aromatic carbocycles. The van der Waals surface area contributed by atoms with Gasteiger partial charge in [-0.2, -0.15) is 0 Å². The predicted molar refractivity (Wildman–Crippen MR) is 91.5 cm³/mol. The third-order valence-corrected chi connectivity index (χ3v) is 3.36. The summed E-state index contributed by atoms with van der Waals surface area (Å²) in [6.07, 6.45) is -1.07. The molecule has 0 radical (unpaired) electrons. The van der Waals surface area contributed by atoms with Crippen LogP contribution in [0.2, 0.25) is 0 Å². The average Bonchev–Trinajstić information content (AvgIpc) is 2.46. The van der Waals surface area contributed by atoms with Gasteiger partial charge in [0.25, 0.3) is 5.91 Å². The van der Waals surface area contributed by atoms with Crippen LogP contribution in [0.25, 0.3) is 0 Å². The highest BCUT2D eigenvalue weighted by molar-refractivity contribution is 6.02. The summed E-state index contributed by atoms with van der Waals surface area (Å²) in [5, 5.41) is 4.67. The van der Waals surface area contributed by atoms with Gasteiger partial charge in [0.15, 0.2) is 6.10 Å². The van der Waals surface area contributed by atoms with Gasteiger partial charge in [-0.25, -0.2) is 4.79 Å². The molecule has 2 N–H and O–H groups in total. The summed E-state index contributed by atoms with van der Waals surface area (Å²) in [5.74, 6) is -1.15. The lowest BCUT2D eigenvalue weighted by atomic mass is 10.0. The molecular formula is C17H25N3O4. The average molecular weight is 335 g/mol. The zero-order valence-electron chi connectivity index (χ0n) is 14.7. The highest BCUT2D eigenvalue weighted by Gasteiger charge is 2.29. The van der Waals surface area contributed by atoms with Gasteiger partial charge >= 0.3 is 12.0 Å². The van der Waals surface area contributed by atoms with E-state index in [0.29, 0.717) is 5.69 Å². The van der Waals surface area contributed by atoms with Gasteiger partial charge in [-0.3, -0.25) is 19.8 Å². The van der Waals surface area contributed by atoms with Crippen LogP contribution in [0.3, 0.4) is 0 Å². The van der Waals surface area contributed by atoms with Crippen LogP contribution in [0.4, 0.5) is 10.5 Å². The quantitative estimate of drug-likeness (QED) is 0.775. The van der Waals surface area contributed by atoms with Crippen molar-refractivity contribution in [1.29, 1.82) is 0 Å². The molecule has 0 saturated heterocycles. The van der Waals surface area contributed by atoms with Crippen LogP contribution >= 0.6 is 0 Å². The second-order valence-electron chi connectivity index (χ2n) is 6.04. The first-order valence-corrected chi connectivity index (χ1v) is 7.76. The first-order chi connectivity index (χ1) is 11.2. The van der Waals surface area contributed by atoms with Crippen molar-refractivity contribution >= 4 is 23.6 Å². The van der Waals surface area contributed by atoms with E-state index in [4.69, 9.17) is 4.74 Å². The van der Waals surface area contributed by atoms with Crippen molar-refractivity contribution in [3.8, 4) is 0 Å². The fourth-order valence-corrected chi connectivity index (χ4v) is 2.27. The Balaban J connectivity index is 2.55. The second kappa shape index (κ2) is 9.02. The molecule has 0 bridgehead atoms. The third-order valence-electron chi connectivity index (χ3n) is 3.36. The number of amides is 3. The number of likely N-dealkylation sites (N-methyl/N-ethyl adjacent to an activating group) is 1. The van der Waals surface area contributed by atoms with E-state index in [0.717, 1.165) is 0 Å². The third kappa shape index (κ3) is 6.00. The van der Waals surface area contributed by atoms with Gasteiger partial charge in [-0.1, -0.05) is 32.0 Å². The van der Waals surface area contributed by atoms with Crippen LogP contribution < -0.4 is 10.6 Å². The van der Waals surface area contributed by atoms with Gasteiger partial charge in [0.1, 0.15) is 6.04 Å². The Kier molecular flexibility index (Phi) is 7.38. The minimum absolute atomic E-state index is 0.0316. The number of urea groups is 1.